The third kappa shape index (κ3) is 1.18. The second kappa shape index (κ2) is 1.98. The second-order valence-corrected chi connectivity index (χ2v) is 7.87. The summed E-state index contributed by atoms with van der Waals surface area (Å²) in [5.74, 6) is 0. The van der Waals surface area contributed by atoms with Gasteiger partial charge in [0, 0.05) is 12.5 Å². The van der Waals surface area contributed by atoms with Crippen molar-refractivity contribution >= 4 is 19.7 Å². The van der Waals surface area contributed by atoms with Crippen molar-refractivity contribution in [3.63, 3.8) is 0 Å². The molecule has 4 nitrogen and oxygen atoms in total. The highest BCUT2D eigenvalue weighted by atomic mass is 32.3. The summed E-state index contributed by atoms with van der Waals surface area (Å²) in [5.41, 5.74) is 0. The first-order valence-corrected chi connectivity index (χ1v) is 6.88. The van der Waals surface area contributed by atoms with E-state index in [1.165, 1.54) is 0 Å². The van der Waals surface area contributed by atoms with Gasteiger partial charge in [0.2, 0.25) is 0 Å². The summed E-state index contributed by atoms with van der Waals surface area (Å²) in [4.78, 5) is 0. The molecule has 0 aromatic carbocycles. The van der Waals surface area contributed by atoms with Crippen molar-refractivity contribution in [3.8, 4) is 0 Å². The minimum Gasteiger partial charge on any atom is -0.227 e. The highest BCUT2D eigenvalue weighted by molar-refractivity contribution is 8.10. The molecule has 1 rings (SSSR count). The quantitative estimate of drug-likeness (QED) is 0.603. The Hall–Kier alpha value is -0.100. The van der Waals surface area contributed by atoms with Crippen LogP contribution in [0.4, 0.5) is 0 Å². The molecule has 11 heavy (non-hydrogen) atoms. The summed E-state index contributed by atoms with van der Waals surface area (Å²) in [5, 5.41) is 0. The van der Waals surface area contributed by atoms with Crippen molar-refractivity contribution in [1.82, 2.24) is 0 Å². The Labute approximate surface area is 66.4 Å². The summed E-state index contributed by atoms with van der Waals surface area (Å²) in [6, 6.07) is 0. The van der Waals surface area contributed by atoms with Crippen LogP contribution in [0.5, 0.6) is 0 Å². The molecule has 0 spiro atoms. The predicted molar refractivity (Wildman–Crippen MR) is 41.7 cm³/mol. The van der Waals surface area contributed by atoms with Crippen LogP contribution in [0, 0.1) is 0 Å². The van der Waals surface area contributed by atoms with Crippen molar-refractivity contribution < 1.29 is 16.8 Å². The van der Waals surface area contributed by atoms with Crippen LogP contribution >= 0.6 is 0 Å². The molecule has 1 saturated carbocycles. The van der Waals surface area contributed by atoms with E-state index in [-0.39, 0.29) is 12.8 Å². The molecule has 0 unspecified atom stereocenters. The number of sulfone groups is 2. The van der Waals surface area contributed by atoms with Gasteiger partial charge in [0.15, 0.2) is 23.8 Å². The van der Waals surface area contributed by atoms with E-state index in [0.29, 0.717) is 0 Å². The van der Waals surface area contributed by atoms with Crippen molar-refractivity contribution in [1.29, 1.82) is 0 Å². The number of hydrogen-bond acceptors (Lipinski definition) is 4. The minimum atomic E-state index is -3.44. The van der Waals surface area contributed by atoms with Gasteiger partial charge in [-0.25, -0.2) is 16.8 Å². The second-order valence-electron chi connectivity index (χ2n) is 2.96. The van der Waals surface area contributed by atoms with Crippen LogP contribution in [0.2, 0.25) is 0 Å². The predicted octanol–water partition coefficient (Wildman–Crippen LogP) is -0.434. The maximum Gasteiger partial charge on any atom is 0.172 e. The third-order valence-corrected chi connectivity index (χ3v) is 7.35. The summed E-state index contributed by atoms with van der Waals surface area (Å²) >= 11 is 0. The molecule has 0 N–H and O–H groups in total. The fourth-order valence-electron chi connectivity index (χ4n) is 1.12. The van der Waals surface area contributed by atoms with Crippen LogP contribution in [0.25, 0.3) is 0 Å². The number of hydrogen-bond donors (Lipinski definition) is 0. The summed E-state index contributed by atoms with van der Waals surface area (Å²) in [6.45, 7) is 0. The Morgan fingerprint density at radius 2 is 1.18 bits per heavy atom. The molecule has 6 heteroatoms. The molecule has 0 heterocycles. The lowest BCUT2D eigenvalue weighted by Gasteiger charge is -2.08. The van der Waals surface area contributed by atoms with Crippen LogP contribution < -0.4 is 0 Å². The van der Waals surface area contributed by atoms with E-state index < -0.39 is 23.8 Å². The van der Waals surface area contributed by atoms with Gasteiger partial charge in [0.05, 0.1) is 0 Å². The lowest BCUT2D eigenvalue weighted by molar-refractivity contribution is 0.579. The van der Waals surface area contributed by atoms with Crippen molar-refractivity contribution in [2.75, 3.05) is 12.5 Å². The van der Waals surface area contributed by atoms with Gasteiger partial charge >= 0.3 is 0 Å². The molecule has 0 bridgehead atoms. The van der Waals surface area contributed by atoms with Gasteiger partial charge in [0.25, 0.3) is 0 Å². The third-order valence-electron chi connectivity index (χ3n) is 2.01. The summed E-state index contributed by atoms with van der Waals surface area (Å²) < 4.78 is 42.5. The van der Waals surface area contributed by atoms with Gasteiger partial charge in [-0.2, -0.15) is 0 Å². The number of rotatable bonds is 2. The highest BCUT2D eigenvalue weighted by Crippen LogP contribution is 2.47. The SMILES string of the molecule is CS(=O)(=O)C1(S(C)(=O)=O)CC1. The molecule has 1 fully saturated rings. The lowest BCUT2D eigenvalue weighted by Crippen LogP contribution is -2.30. The van der Waals surface area contributed by atoms with E-state index in [4.69, 9.17) is 0 Å². The Kier molecular flexibility index (Phi) is 1.62. The smallest absolute Gasteiger partial charge is 0.172 e. The average molecular weight is 198 g/mol. The van der Waals surface area contributed by atoms with E-state index in [9.17, 15) is 16.8 Å². The van der Waals surface area contributed by atoms with Crippen LogP contribution in [-0.4, -0.2) is 33.4 Å². The molecular formula is C5H10O4S2. The Balaban J connectivity index is 3.26. The van der Waals surface area contributed by atoms with E-state index in [1.54, 1.807) is 0 Å². The fraction of sp³-hybridized carbons (Fsp3) is 1.00. The highest BCUT2D eigenvalue weighted by Gasteiger charge is 2.60. The molecule has 0 amide bonds. The van der Waals surface area contributed by atoms with Crippen molar-refractivity contribution in [3.05, 3.63) is 0 Å². The van der Waals surface area contributed by atoms with Crippen LogP contribution in [-0.2, 0) is 19.7 Å². The Bertz CT molecular complexity index is 323. The van der Waals surface area contributed by atoms with E-state index >= 15 is 0 Å². The fourth-order valence-corrected chi connectivity index (χ4v) is 5.01. The van der Waals surface area contributed by atoms with E-state index in [2.05, 4.69) is 0 Å². The van der Waals surface area contributed by atoms with Gasteiger partial charge in [-0.1, -0.05) is 0 Å². The molecule has 1 aliphatic rings. The van der Waals surface area contributed by atoms with Crippen molar-refractivity contribution in [2.45, 2.75) is 16.9 Å². The molecule has 0 aliphatic heterocycles. The molecule has 0 aromatic rings. The van der Waals surface area contributed by atoms with E-state index in [0.717, 1.165) is 12.5 Å². The van der Waals surface area contributed by atoms with E-state index in [1.807, 2.05) is 0 Å². The van der Waals surface area contributed by atoms with Crippen molar-refractivity contribution in [2.24, 2.45) is 0 Å². The molecule has 66 valence electrons. The minimum absolute atomic E-state index is 0.255. The van der Waals surface area contributed by atoms with Crippen LogP contribution in [0.1, 0.15) is 12.8 Å². The monoisotopic (exact) mass is 198 g/mol. The molecule has 0 atom stereocenters. The Morgan fingerprint density at radius 1 is 0.909 bits per heavy atom. The zero-order valence-electron chi connectivity index (χ0n) is 6.36. The summed E-state index contributed by atoms with van der Waals surface area (Å²) in [6.07, 6.45) is 2.46. The first-order valence-electron chi connectivity index (χ1n) is 3.10. The Morgan fingerprint density at radius 3 is 1.18 bits per heavy atom. The first-order chi connectivity index (χ1) is 4.71. The van der Waals surface area contributed by atoms with Crippen LogP contribution in [0.3, 0.4) is 0 Å². The van der Waals surface area contributed by atoms with Gasteiger partial charge in [-0.05, 0) is 12.8 Å². The molecule has 0 saturated heterocycles. The van der Waals surface area contributed by atoms with Gasteiger partial charge in [-0.3, -0.25) is 0 Å². The molecule has 1 aliphatic carbocycles. The molecular weight excluding hydrogens is 188 g/mol. The normalized spacial score (nSPS) is 23.1. The topological polar surface area (TPSA) is 68.3 Å². The molecule has 0 aromatic heterocycles. The van der Waals surface area contributed by atoms with Gasteiger partial charge in [0.1, 0.15) is 0 Å². The van der Waals surface area contributed by atoms with Crippen LogP contribution in [0.15, 0.2) is 0 Å². The zero-order chi connectivity index (χ0) is 8.91. The largest absolute Gasteiger partial charge is 0.227 e. The first kappa shape index (κ1) is 8.99. The summed E-state index contributed by atoms with van der Waals surface area (Å²) in [7, 11) is -6.87. The maximum atomic E-state index is 11.0. The molecule has 0 radical (unpaired) electrons. The zero-order valence-corrected chi connectivity index (χ0v) is 8.00. The van der Waals surface area contributed by atoms with Gasteiger partial charge in [-0.15, -0.1) is 0 Å². The average Bonchev–Trinajstić information content (AvgIpc) is 2.31. The van der Waals surface area contributed by atoms with Gasteiger partial charge < -0.3 is 0 Å². The lowest BCUT2D eigenvalue weighted by atomic mass is 10.9. The maximum absolute atomic E-state index is 11.0. The standard InChI is InChI=1S/C5H10O4S2/c1-10(6,7)5(3-4-5)11(2,8)9/h3-4H2,1-2H3.